The smallest absolute Gasteiger partial charge is 0.254 e. The van der Waals surface area contributed by atoms with Crippen LogP contribution < -0.4 is 5.32 Å². The van der Waals surface area contributed by atoms with E-state index in [1.165, 1.54) is 36.1 Å². The van der Waals surface area contributed by atoms with Crippen LogP contribution in [-0.4, -0.2) is 54.7 Å². The Kier molecular flexibility index (Phi) is 6.43. The van der Waals surface area contributed by atoms with E-state index >= 15 is 0 Å². The minimum atomic E-state index is -3.54. The maximum Gasteiger partial charge on any atom is 0.254 e. The number of nitrogens with zero attached hydrogens (tertiary/aromatic N) is 1. The molecule has 2 amide bonds. The second-order valence-corrected chi connectivity index (χ2v) is 11.3. The average molecular weight is 513 g/mol. The molecule has 0 spiro atoms. The van der Waals surface area contributed by atoms with Crippen LogP contribution in [0.4, 0.5) is 8.78 Å². The van der Waals surface area contributed by atoms with Crippen molar-refractivity contribution >= 4 is 33.3 Å². The van der Waals surface area contributed by atoms with Gasteiger partial charge in [0.15, 0.2) is 9.84 Å². The largest absolute Gasteiger partial charge is 0.391 e. The van der Waals surface area contributed by atoms with Crippen molar-refractivity contribution in [2.24, 2.45) is 5.92 Å². The van der Waals surface area contributed by atoms with Crippen LogP contribution in [0.5, 0.6) is 0 Å². The van der Waals surface area contributed by atoms with Crippen molar-refractivity contribution in [1.29, 1.82) is 0 Å². The van der Waals surface area contributed by atoms with Crippen LogP contribution in [0.1, 0.15) is 41.7 Å². The van der Waals surface area contributed by atoms with Gasteiger partial charge >= 0.3 is 0 Å². The van der Waals surface area contributed by atoms with Crippen molar-refractivity contribution in [3.8, 4) is 0 Å². The Labute approximate surface area is 200 Å². The number of halogens is 3. The Morgan fingerprint density at radius 2 is 1.88 bits per heavy atom. The summed E-state index contributed by atoms with van der Waals surface area (Å²) in [7, 11) is -3.54. The van der Waals surface area contributed by atoms with E-state index in [0.717, 1.165) is 24.8 Å². The van der Waals surface area contributed by atoms with Crippen LogP contribution in [0.3, 0.4) is 0 Å². The lowest BCUT2D eigenvalue weighted by molar-refractivity contribution is -0.127. The molecule has 1 saturated heterocycles. The first kappa shape index (κ1) is 24.6. The number of fused-ring (bicyclic) bond motifs is 1. The maximum atomic E-state index is 14.5. The van der Waals surface area contributed by atoms with Crippen molar-refractivity contribution in [1.82, 2.24) is 10.2 Å². The zero-order valence-electron chi connectivity index (χ0n) is 18.3. The second kappa shape index (κ2) is 8.90. The summed E-state index contributed by atoms with van der Waals surface area (Å²) in [6, 6.07) is 4.83. The summed E-state index contributed by atoms with van der Waals surface area (Å²) in [5, 5.41) is 12.3. The monoisotopic (exact) mass is 512 g/mol. The molecule has 2 aromatic carbocycles. The van der Waals surface area contributed by atoms with E-state index in [2.05, 4.69) is 5.32 Å². The van der Waals surface area contributed by atoms with Gasteiger partial charge in [-0.05, 0) is 56.0 Å². The lowest BCUT2D eigenvalue weighted by Crippen LogP contribution is -2.50. The molecule has 4 rings (SSSR count). The van der Waals surface area contributed by atoms with Gasteiger partial charge in [0, 0.05) is 23.4 Å². The number of benzene rings is 2. The standard InChI is InChI=1S/C23H23ClF2N2O5S/c1-11(29)21(15-9-18(26)16(24)10-17(15)25)27-22(30)20-8-13-7-19(13)28(20)23(31)12-4-3-5-14(6-12)34(2,32)33/h3-6,9-11,13,19-21,29H,7-8H2,1-2H3,(H,27,30)/t11-,13?,19+,20+,21+/m0/s1. The SMILES string of the molecule is C[C@H](O)[C@@H](NC(=O)[C@H]1CC2C[C@H]2N1C(=O)c1cccc(S(C)(=O)=O)c1)c1cc(F)c(Cl)cc1F. The molecule has 7 nitrogen and oxygen atoms in total. The molecular formula is C23H23ClF2N2O5S. The van der Waals surface area contributed by atoms with Gasteiger partial charge in [-0.3, -0.25) is 9.59 Å². The van der Waals surface area contributed by atoms with E-state index in [-0.39, 0.29) is 28.0 Å². The number of amides is 2. The van der Waals surface area contributed by atoms with Gasteiger partial charge in [0.2, 0.25) is 5.91 Å². The van der Waals surface area contributed by atoms with E-state index in [4.69, 9.17) is 11.6 Å². The Morgan fingerprint density at radius 1 is 1.18 bits per heavy atom. The third kappa shape index (κ3) is 4.67. The summed E-state index contributed by atoms with van der Waals surface area (Å²) in [4.78, 5) is 27.9. The average Bonchev–Trinajstić information content (AvgIpc) is 3.43. The molecule has 2 N–H and O–H groups in total. The van der Waals surface area contributed by atoms with E-state index in [0.29, 0.717) is 6.42 Å². The highest BCUT2D eigenvalue weighted by atomic mass is 35.5. The molecule has 2 aliphatic rings. The summed E-state index contributed by atoms with van der Waals surface area (Å²) in [5.74, 6) is -2.79. The van der Waals surface area contributed by atoms with Crippen molar-refractivity contribution in [2.75, 3.05) is 6.26 Å². The molecule has 0 bridgehead atoms. The number of piperidine rings is 1. The Hall–Kier alpha value is -2.56. The fraction of sp³-hybridized carbons (Fsp3) is 0.391. The number of hydrogen-bond donors (Lipinski definition) is 2. The topological polar surface area (TPSA) is 104 Å². The third-order valence-corrected chi connectivity index (χ3v) is 7.71. The molecule has 1 saturated carbocycles. The summed E-state index contributed by atoms with van der Waals surface area (Å²) in [6.07, 6.45) is 0.857. The Balaban J connectivity index is 1.59. The van der Waals surface area contributed by atoms with Gasteiger partial charge in [-0.15, -0.1) is 0 Å². The quantitative estimate of drug-likeness (QED) is 0.579. The number of aliphatic hydroxyl groups excluding tert-OH is 1. The first-order valence-corrected chi connectivity index (χ1v) is 12.9. The normalized spacial score (nSPS) is 23.2. The molecule has 5 atom stereocenters. The van der Waals surface area contributed by atoms with Crippen molar-refractivity contribution in [2.45, 2.75) is 48.9 Å². The summed E-state index contributed by atoms with van der Waals surface area (Å²) in [5.41, 5.74) is -0.140. The van der Waals surface area contributed by atoms with Crippen molar-refractivity contribution in [3.63, 3.8) is 0 Å². The van der Waals surface area contributed by atoms with Gasteiger partial charge in [0.1, 0.15) is 17.7 Å². The number of hydrogen-bond acceptors (Lipinski definition) is 5. The maximum absolute atomic E-state index is 14.5. The summed E-state index contributed by atoms with van der Waals surface area (Å²) >= 11 is 5.61. The van der Waals surface area contributed by atoms with E-state index in [1.807, 2.05) is 0 Å². The third-order valence-electron chi connectivity index (χ3n) is 6.31. The number of carbonyl (C=O) groups excluding carboxylic acids is 2. The van der Waals surface area contributed by atoms with Gasteiger partial charge in [-0.25, -0.2) is 17.2 Å². The molecule has 1 aliphatic heterocycles. The molecule has 182 valence electrons. The fourth-order valence-electron chi connectivity index (χ4n) is 4.48. The van der Waals surface area contributed by atoms with Gasteiger partial charge in [-0.2, -0.15) is 0 Å². The van der Waals surface area contributed by atoms with Gasteiger partial charge in [0.25, 0.3) is 5.91 Å². The van der Waals surface area contributed by atoms with Crippen LogP contribution >= 0.6 is 11.6 Å². The summed E-state index contributed by atoms with van der Waals surface area (Å²) in [6.45, 7) is 1.32. The number of carbonyl (C=O) groups is 2. The predicted molar refractivity (Wildman–Crippen MR) is 120 cm³/mol. The van der Waals surface area contributed by atoms with Gasteiger partial charge in [0.05, 0.1) is 22.1 Å². The molecule has 11 heteroatoms. The van der Waals surface area contributed by atoms with Crippen molar-refractivity contribution < 1.29 is 31.9 Å². The molecule has 1 unspecified atom stereocenters. The Bertz CT molecular complexity index is 1270. The number of nitrogens with one attached hydrogen (secondary N) is 1. The zero-order valence-corrected chi connectivity index (χ0v) is 19.9. The Morgan fingerprint density at radius 3 is 2.53 bits per heavy atom. The minimum absolute atomic E-state index is 0.0136. The van der Waals surface area contributed by atoms with E-state index in [1.54, 1.807) is 0 Å². The van der Waals surface area contributed by atoms with Crippen LogP contribution in [0.25, 0.3) is 0 Å². The first-order chi connectivity index (χ1) is 15.9. The molecule has 2 aromatic rings. The first-order valence-electron chi connectivity index (χ1n) is 10.6. The number of aliphatic hydroxyl groups is 1. The van der Waals surface area contributed by atoms with Crippen LogP contribution in [0.2, 0.25) is 5.02 Å². The molecule has 2 fully saturated rings. The minimum Gasteiger partial charge on any atom is -0.391 e. The highest BCUT2D eigenvalue weighted by Crippen LogP contribution is 2.48. The predicted octanol–water partition coefficient (Wildman–Crippen LogP) is 2.86. The number of sulfone groups is 1. The van der Waals surface area contributed by atoms with Crippen molar-refractivity contribution in [3.05, 3.63) is 64.2 Å². The molecule has 0 radical (unpaired) electrons. The molecule has 1 aliphatic carbocycles. The summed E-state index contributed by atoms with van der Waals surface area (Å²) < 4.78 is 52.2. The number of likely N-dealkylation sites (tertiary alicyclic amines) is 1. The lowest BCUT2D eigenvalue weighted by Gasteiger charge is -2.30. The zero-order chi connectivity index (χ0) is 24.9. The molecular weight excluding hydrogens is 490 g/mol. The van der Waals surface area contributed by atoms with E-state index in [9.17, 15) is 31.9 Å². The highest BCUT2D eigenvalue weighted by Gasteiger charge is 2.56. The highest BCUT2D eigenvalue weighted by molar-refractivity contribution is 7.90. The van der Waals surface area contributed by atoms with Crippen LogP contribution in [-0.2, 0) is 14.6 Å². The molecule has 1 heterocycles. The van der Waals surface area contributed by atoms with E-state index < -0.39 is 56.5 Å². The second-order valence-electron chi connectivity index (χ2n) is 8.84. The molecule has 0 aromatic heterocycles. The fourth-order valence-corrected chi connectivity index (χ4v) is 5.29. The van der Waals surface area contributed by atoms with Crippen LogP contribution in [0, 0.1) is 17.6 Å². The van der Waals surface area contributed by atoms with Gasteiger partial charge < -0.3 is 15.3 Å². The molecule has 34 heavy (non-hydrogen) atoms. The van der Waals surface area contributed by atoms with Gasteiger partial charge in [-0.1, -0.05) is 17.7 Å². The number of rotatable bonds is 6. The lowest BCUT2D eigenvalue weighted by atomic mass is 10.00. The van der Waals surface area contributed by atoms with Crippen LogP contribution in [0.15, 0.2) is 41.3 Å².